The first kappa shape index (κ1) is 10.3. The number of ether oxygens (including phenoxy) is 1. The van der Waals surface area contributed by atoms with E-state index in [1.165, 1.54) is 0 Å². The summed E-state index contributed by atoms with van der Waals surface area (Å²) in [6.07, 6.45) is -0.711. The second kappa shape index (κ2) is 6.27. The molecule has 3 nitrogen and oxygen atoms in total. The summed E-state index contributed by atoms with van der Waals surface area (Å²) < 4.78 is 4.18. The van der Waals surface area contributed by atoms with E-state index in [9.17, 15) is 4.79 Å². The minimum absolute atomic E-state index is 0. The molecule has 0 bridgehead atoms. The molecule has 38 valence electrons. The van der Waals surface area contributed by atoms with E-state index < -0.39 is 6.09 Å². The van der Waals surface area contributed by atoms with Crippen LogP contribution in [0.4, 0.5) is 4.79 Å². The molecular formula is C3H8NNaO2. The number of hydrogen-bond donors (Lipinski definition) is 1. The molecule has 0 atom stereocenters. The van der Waals surface area contributed by atoms with Crippen molar-refractivity contribution in [2.24, 2.45) is 5.73 Å². The van der Waals surface area contributed by atoms with Crippen molar-refractivity contribution in [3.63, 3.8) is 0 Å². The van der Waals surface area contributed by atoms with Crippen LogP contribution in [0.1, 0.15) is 6.92 Å². The molecule has 0 fully saturated rings. The van der Waals surface area contributed by atoms with Crippen LogP contribution < -0.4 is 5.73 Å². The van der Waals surface area contributed by atoms with Gasteiger partial charge in [0, 0.05) is 0 Å². The molecule has 0 saturated heterocycles. The van der Waals surface area contributed by atoms with Gasteiger partial charge in [0.1, 0.15) is 0 Å². The molecule has 0 radical (unpaired) electrons. The quantitative estimate of drug-likeness (QED) is 0.464. The maximum atomic E-state index is 9.60. The van der Waals surface area contributed by atoms with E-state index in [-0.39, 0.29) is 29.6 Å². The zero-order valence-corrected chi connectivity index (χ0v) is 3.60. The van der Waals surface area contributed by atoms with Gasteiger partial charge >= 0.3 is 35.7 Å². The van der Waals surface area contributed by atoms with Crippen molar-refractivity contribution in [1.29, 1.82) is 0 Å². The van der Waals surface area contributed by atoms with E-state index in [0.29, 0.717) is 6.61 Å². The number of carbonyl (C=O) groups is 1. The van der Waals surface area contributed by atoms with Crippen LogP contribution in [0, 0.1) is 0 Å². The molecule has 0 saturated carbocycles. The molecule has 0 aromatic rings. The van der Waals surface area contributed by atoms with Crippen LogP contribution in [0.15, 0.2) is 0 Å². The summed E-state index contributed by atoms with van der Waals surface area (Å²) in [6, 6.07) is 0. The minimum atomic E-state index is -0.711. The number of nitrogens with two attached hydrogens (primary N) is 1. The van der Waals surface area contributed by atoms with Gasteiger partial charge in [0.25, 0.3) is 0 Å². The standard InChI is InChI=1S/C3H7NO2.Na.H/c1-2-6-3(4)5;;/h2H2,1H3,(H2,4,5);;. The SMILES string of the molecule is CCOC(N)=O.[NaH]. The van der Waals surface area contributed by atoms with Gasteiger partial charge in [0.2, 0.25) is 0 Å². The first-order chi connectivity index (χ1) is 2.77. The van der Waals surface area contributed by atoms with Crippen LogP contribution in [-0.4, -0.2) is 42.3 Å². The molecule has 0 spiro atoms. The van der Waals surface area contributed by atoms with Gasteiger partial charge < -0.3 is 10.5 Å². The molecule has 7 heavy (non-hydrogen) atoms. The van der Waals surface area contributed by atoms with Crippen molar-refractivity contribution in [1.82, 2.24) is 0 Å². The Hall–Kier alpha value is 0.270. The second-order valence-corrected chi connectivity index (χ2v) is 0.752. The zero-order chi connectivity index (χ0) is 4.99. The monoisotopic (exact) mass is 113 g/mol. The summed E-state index contributed by atoms with van der Waals surface area (Å²) in [5, 5.41) is 0. The fraction of sp³-hybridized carbons (Fsp3) is 0.667. The van der Waals surface area contributed by atoms with Crippen molar-refractivity contribution in [2.45, 2.75) is 6.92 Å². The molecule has 0 aliphatic heterocycles. The average molecular weight is 113 g/mol. The summed E-state index contributed by atoms with van der Waals surface area (Å²) >= 11 is 0. The third-order valence-corrected chi connectivity index (χ3v) is 0.287. The Labute approximate surface area is 64.5 Å². The van der Waals surface area contributed by atoms with E-state index in [0.717, 1.165) is 0 Å². The van der Waals surface area contributed by atoms with Crippen molar-refractivity contribution >= 4 is 35.7 Å². The molecule has 2 N–H and O–H groups in total. The normalized spacial score (nSPS) is 6.43. The summed E-state index contributed by atoms with van der Waals surface area (Å²) in [5.41, 5.74) is 4.54. The van der Waals surface area contributed by atoms with E-state index in [1.807, 2.05) is 0 Å². The van der Waals surface area contributed by atoms with E-state index in [2.05, 4.69) is 10.5 Å². The van der Waals surface area contributed by atoms with Crippen LogP contribution in [0.25, 0.3) is 0 Å². The van der Waals surface area contributed by atoms with Crippen molar-refractivity contribution < 1.29 is 9.53 Å². The van der Waals surface area contributed by atoms with Gasteiger partial charge in [0.05, 0.1) is 6.61 Å². The average Bonchev–Trinajstić information content (AvgIpc) is 1.35. The Morgan fingerprint density at radius 3 is 2.29 bits per heavy atom. The number of amides is 1. The summed E-state index contributed by atoms with van der Waals surface area (Å²) in [5.74, 6) is 0. The summed E-state index contributed by atoms with van der Waals surface area (Å²) in [4.78, 5) is 9.60. The first-order valence-corrected chi connectivity index (χ1v) is 1.69. The Morgan fingerprint density at radius 1 is 1.86 bits per heavy atom. The van der Waals surface area contributed by atoms with Gasteiger partial charge in [-0.1, -0.05) is 0 Å². The molecule has 1 amide bonds. The Bertz CT molecular complexity index is 56.9. The van der Waals surface area contributed by atoms with Crippen LogP contribution in [0.3, 0.4) is 0 Å². The third kappa shape index (κ3) is 10.7. The van der Waals surface area contributed by atoms with Crippen molar-refractivity contribution in [2.75, 3.05) is 6.61 Å². The van der Waals surface area contributed by atoms with Gasteiger partial charge in [-0.05, 0) is 6.92 Å². The molecule has 0 unspecified atom stereocenters. The van der Waals surface area contributed by atoms with Crippen LogP contribution in [0.2, 0.25) is 0 Å². The molecule has 0 aliphatic carbocycles. The molecule has 0 heterocycles. The topological polar surface area (TPSA) is 52.3 Å². The molecule has 0 aromatic heterocycles. The molecule has 0 aromatic carbocycles. The fourth-order valence-electron chi connectivity index (χ4n) is 0.142. The van der Waals surface area contributed by atoms with Crippen LogP contribution in [0.5, 0.6) is 0 Å². The van der Waals surface area contributed by atoms with Gasteiger partial charge in [-0.2, -0.15) is 0 Å². The van der Waals surface area contributed by atoms with Crippen LogP contribution >= 0.6 is 0 Å². The van der Waals surface area contributed by atoms with E-state index in [4.69, 9.17) is 0 Å². The van der Waals surface area contributed by atoms with Gasteiger partial charge in [-0.3, -0.25) is 0 Å². The van der Waals surface area contributed by atoms with Crippen molar-refractivity contribution in [3.05, 3.63) is 0 Å². The Kier molecular flexibility index (Phi) is 9.22. The summed E-state index contributed by atoms with van der Waals surface area (Å²) in [6.45, 7) is 2.06. The maximum absolute atomic E-state index is 9.60. The molecule has 4 heteroatoms. The number of carbonyl (C=O) groups excluding carboxylic acids is 1. The predicted octanol–water partition coefficient (Wildman–Crippen LogP) is -0.547. The number of primary amides is 1. The third-order valence-electron chi connectivity index (χ3n) is 0.287. The van der Waals surface area contributed by atoms with E-state index >= 15 is 0 Å². The second-order valence-electron chi connectivity index (χ2n) is 0.752. The number of rotatable bonds is 1. The predicted molar refractivity (Wildman–Crippen MR) is 28.4 cm³/mol. The van der Waals surface area contributed by atoms with Crippen LogP contribution in [-0.2, 0) is 4.74 Å². The Balaban J connectivity index is 0. The van der Waals surface area contributed by atoms with Gasteiger partial charge in [-0.15, -0.1) is 0 Å². The molecule has 0 aliphatic rings. The molecule has 0 rings (SSSR count). The molecular weight excluding hydrogens is 105 g/mol. The first-order valence-electron chi connectivity index (χ1n) is 1.69. The number of hydrogen-bond acceptors (Lipinski definition) is 2. The van der Waals surface area contributed by atoms with Gasteiger partial charge in [-0.25, -0.2) is 4.79 Å². The zero-order valence-electron chi connectivity index (χ0n) is 3.60. The van der Waals surface area contributed by atoms with Crippen molar-refractivity contribution in [3.8, 4) is 0 Å². The summed E-state index contributed by atoms with van der Waals surface area (Å²) in [7, 11) is 0. The van der Waals surface area contributed by atoms with E-state index in [1.54, 1.807) is 6.92 Å². The fourth-order valence-corrected chi connectivity index (χ4v) is 0.142. The Morgan fingerprint density at radius 2 is 2.29 bits per heavy atom. The van der Waals surface area contributed by atoms with Gasteiger partial charge in [0.15, 0.2) is 0 Å².